The first-order valence-electron chi connectivity index (χ1n) is 6.75. The molecular weight excluding hydrogens is 272 g/mol. The van der Waals surface area contributed by atoms with Crippen LogP contribution in [-0.2, 0) is 0 Å². The maximum absolute atomic E-state index is 5.66. The molecule has 0 amide bonds. The normalized spacial score (nSPS) is 16.2. The van der Waals surface area contributed by atoms with Gasteiger partial charge in [-0.05, 0) is 25.0 Å². The highest BCUT2D eigenvalue weighted by Gasteiger charge is 2.24. The van der Waals surface area contributed by atoms with Gasteiger partial charge in [0.1, 0.15) is 5.69 Å². The van der Waals surface area contributed by atoms with Gasteiger partial charge >= 0.3 is 0 Å². The Labute approximate surface area is 119 Å². The largest absolute Gasteiger partial charge is 0.397 e. The standard InChI is InChI=1S/C13H14N6S/c14-9-5-6-10(15-7-9)12-18-19-11(8-3-1-2-4-8)16-17-13(19)20-12/h5-8H,1-4,14H2. The van der Waals surface area contributed by atoms with Crippen molar-refractivity contribution in [3.8, 4) is 10.7 Å². The third-order valence-corrected chi connectivity index (χ3v) is 4.66. The number of nitrogens with zero attached hydrogens (tertiary/aromatic N) is 5. The van der Waals surface area contributed by atoms with E-state index in [1.165, 1.54) is 37.0 Å². The minimum Gasteiger partial charge on any atom is -0.397 e. The van der Waals surface area contributed by atoms with E-state index in [4.69, 9.17) is 5.73 Å². The maximum atomic E-state index is 5.66. The van der Waals surface area contributed by atoms with Crippen LogP contribution in [0.1, 0.15) is 37.4 Å². The van der Waals surface area contributed by atoms with E-state index in [0.29, 0.717) is 11.6 Å². The molecule has 102 valence electrons. The van der Waals surface area contributed by atoms with E-state index in [-0.39, 0.29) is 0 Å². The fraction of sp³-hybridized carbons (Fsp3) is 0.385. The third-order valence-electron chi connectivity index (χ3n) is 3.74. The molecule has 0 saturated heterocycles. The average molecular weight is 286 g/mol. The van der Waals surface area contributed by atoms with E-state index in [9.17, 15) is 0 Å². The summed E-state index contributed by atoms with van der Waals surface area (Å²) in [5.74, 6) is 1.50. The smallest absolute Gasteiger partial charge is 0.235 e. The van der Waals surface area contributed by atoms with Crippen LogP contribution in [0, 0.1) is 0 Å². The molecule has 2 N–H and O–H groups in total. The highest BCUT2D eigenvalue weighted by atomic mass is 32.1. The minimum atomic E-state index is 0.499. The third kappa shape index (κ3) is 1.85. The molecule has 0 bridgehead atoms. The SMILES string of the molecule is Nc1ccc(-c2nn3c(C4CCCC4)nnc3s2)nc1. The number of pyridine rings is 1. The molecule has 3 heterocycles. The maximum Gasteiger partial charge on any atom is 0.235 e. The molecule has 4 rings (SSSR count). The van der Waals surface area contributed by atoms with Gasteiger partial charge in [0.25, 0.3) is 0 Å². The number of nitrogen functional groups attached to an aromatic ring is 1. The zero-order chi connectivity index (χ0) is 13.5. The summed E-state index contributed by atoms with van der Waals surface area (Å²) in [7, 11) is 0. The zero-order valence-electron chi connectivity index (χ0n) is 10.9. The first kappa shape index (κ1) is 11.8. The molecule has 0 unspecified atom stereocenters. The lowest BCUT2D eigenvalue weighted by molar-refractivity contribution is 0.641. The topological polar surface area (TPSA) is 82.0 Å². The van der Waals surface area contributed by atoms with E-state index in [0.717, 1.165) is 21.5 Å². The monoisotopic (exact) mass is 286 g/mol. The van der Waals surface area contributed by atoms with Gasteiger partial charge in [-0.3, -0.25) is 4.98 Å². The van der Waals surface area contributed by atoms with Crippen molar-refractivity contribution in [2.24, 2.45) is 0 Å². The van der Waals surface area contributed by atoms with Crippen molar-refractivity contribution >= 4 is 22.0 Å². The first-order chi connectivity index (χ1) is 9.81. The Hall–Kier alpha value is -2.02. The molecule has 20 heavy (non-hydrogen) atoms. The van der Waals surface area contributed by atoms with Crippen LogP contribution in [0.3, 0.4) is 0 Å². The summed E-state index contributed by atoms with van der Waals surface area (Å²) in [6.45, 7) is 0. The van der Waals surface area contributed by atoms with E-state index in [2.05, 4.69) is 20.3 Å². The van der Waals surface area contributed by atoms with Crippen LogP contribution in [0.2, 0.25) is 0 Å². The summed E-state index contributed by atoms with van der Waals surface area (Å²) in [6.07, 6.45) is 6.57. The van der Waals surface area contributed by atoms with Gasteiger partial charge in [-0.25, -0.2) is 0 Å². The van der Waals surface area contributed by atoms with Gasteiger partial charge in [0, 0.05) is 5.92 Å². The number of hydrogen-bond acceptors (Lipinski definition) is 6. The average Bonchev–Trinajstić information content (AvgIpc) is 3.15. The van der Waals surface area contributed by atoms with Gasteiger partial charge < -0.3 is 5.73 Å². The molecule has 1 aliphatic rings. The predicted octanol–water partition coefficient (Wildman–Crippen LogP) is 2.49. The van der Waals surface area contributed by atoms with Crippen LogP contribution >= 0.6 is 11.3 Å². The second-order valence-corrected chi connectivity index (χ2v) is 6.07. The summed E-state index contributed by atoms with van der Waals surface area (Å²) in [5.41, 5.74) is 7.14. The number of nitrogens with two attached hydrogens (primary N) is 1. The molecule has 7 heteroatoms. The summed E-state index contributed by atoms with van der Waals surface area (Å²) in [5, 5.41) is 14.0. The van der Waals surface area contributed by atoms with Gasteiger partial charge in [-0.1, -0.05) is 24.2 Å². The van der Waals surface area contributed by atoms with Crippen molar-refractivity contribution in [3.63, 3.8) is 0 Å². The summed E-state index contributed by atoms with van der Waals surface area (Å²) in [6, 6.07) is 3.72. The fourth-order valence-electron chi connectivity index (χ4n) is 2.71. The second-order valence-electron chi connectivity index (χ2n) is 5.12. The van der Waals surface area contributed by atoms with E-state index in [1.54, 1.807) is 6.20 Å². The number of rotatable bonds is 2. The Morgan fingerprint density at radius 2 is 2.05 bits per heavy atom. The highest BCUT2D eigenvalue weighted by molar-refractivity contribution is 7.19. The van der Waals surface area contributed by atoms with Crippen molar-refractivity contribution in [1.29, 1.82) is 0 Å². The molecule has 3 aromatic rings. The summed E-state index contributed by atoms with van der Waals surface area (Å²) in [4.78, 5) is 5.15. The lowest BCUT2D eigenvalue weighted by Crippen LogP contribution is -2.01. The van der Waals surface area contributed by atoms with Crippen LogP contribution in [0.5, 0.6) is 0 Å². The lowest BCUT2D eigenvalue weighted by Gasteiger charge is -2.03. The van der Waals surface area contributed by atoms with Gasteiger partial charge in [0.15, 0.2) is 10.8 Å². The van der Waals surface area contributed by atoms with Gasteiger partial charge in [0.2, 0.25) is 4.96 Å². The van der Waals surface area contributed by atoms with Crippen molar-refractivity contribution < 1.29 is 0 Å². The van der Waals surface area contributed by atoms with Gasteiger partial charge in [0.05, 0.1) is 11.9 Å². The van der Waals surface area contributed by atoms with Crippen LogP contribution < -0.4 is 5.73 Å². The summed E-state index contributed by atoms with van der Waals surface area (Å²) < 4.78 is 1.88. The van der Waals surface area contributed by atoms with Gasteiger partial charge in [-0.15, -0.1) is 10.2 Å². The molecule has 1 fully saturated rings. The second kappa shape index (κ2) is 4.52. The Kier molecular flexibility index (Phi) is 2.66. The molecular formula is C13H14N6S. The quantitative estimate of drug-likeness (QED) is 0.782. The lowest BCUT2D eigenvalue weighted by atomic mass is 10.1. The molecule has 0 spiro atoms. The van der Waals surface area contributed by atoms with Crippen molar-refractivity contribution in [2.45, 2.75) is 31.6 Å². The Morgan fingerprint density at radius 3 is 2.80 bits per heavy atom. The van der Waals surface area contributed by atoms with Crippen LogP contribution in [-0.4, -0.2) is 24.8 Å². The molecule has 1 aliphatic carbocycles. The molecule has 0 aromatic carbocycles. The predicted molar refractivity (Wildman–Crippen MR) is 77.5 cm³/mol. The van der Waals surface area contributed by atoms with Crippen LogP contribution in [0.25, 0.3) is 15.7 Å². The zero-order valence-corrected chi connectivity index (χ0v) is 11.7. The molecule has 6 nitrogen and oxygen atoms in total. The van der Waals surface area contributed by atoms with E-state index < -0.39 is 0 Å². The van der Waals surface area contributed by atoms with E-state index >= 15 is 0 Å². The van der Waals surface area contributed by atoms with Crippen LogP contribution in [0.4, 0.5) is 5.69 Å². The molecule has 1 saturated carbocycles. The molecule has 0 atom stereocenters. The molecule has 3 aromatic heterocycles. The Balaban J connectivity index is 1.77. The Morgan fingerprint density at radius 1 is 1.20 bits per heavy atom. The first-order valence-corrected chi connectivity index (χ1v) is 7.57. The van der Waals surface area contributed by atoms with Crippen LogP contribution in [0.15, 0.2) is 18.3 Å². The molecule has 0 radical (unpaired) electrons. The van der Waals surface area contributed by atoms with Gasteiger partial charge in [-0.2, -0.15) is 9.61 Å². The highest BCUT2D eigenvalue weighted by Crippen LogP contribution is 2.34. The Bertz CT molecular complexity index is 738. The minimum absolute atomic E-state index is 0.499. The van der Waals surface area contributed by atoms with Crippen molar-refractivity contribution in [2.75, 3.05) is 5.73 Å². The number of anilines is 1. The molecule has 0 aliphatic heterocycles. The van der Waals surface area contributed by atoms with Crippen molar-refractivity contribution in [1.82, 2.24) is 24.8 Å². The fourth-order valence-corrected chi connectivity index (χ4v) is 3.53. The van der Waals surface area contributed by atoms with E-state index in [1.807, 2.05) is 16.6 Å². The number of fused-ring (bicyclic) bond motifs is 1. The van der Waals surface area contributed by atoms with Crippen molar-refractivity contribution in [3.05, 3.63) is 24.2 Å². The number of hydrogen-bond donors (Lipinski definition) is 1. The summed E-state index contributed by atoms with van der Waals surface area (Å²) >= 11 is 1.51. The number of aromatic nitrogens is 5.